The average Bonchev–Trinajstić information content (AvgIpc) is 2.68. The Morgan fingerprint density at radius 1 is 1.00 bits per heavy atom. The normalized spacial score (nSPS) is 10.5. The highest BCUT2D eigenvalue weighted by Crippen LogP contribution is 2.24. The lowest BCUT2D eigenvalue weighted by atomic mass is 10.1. The zero-order valence-electron chi connectivity index (χ0n) is 15.0. The van der Waals surface area contributed by atoms with Gasteiger partial charge in [0.15, 0.2) is 0 Å². The van der Waals surface area contributed by atoms with Crippen LogP contribution in [0.1, 0.15) is 16.8 Å². The lowest BCUT2D eigenvalue weighted by Crippen LogP contribution is -2.26. The van der Waals surface area contributed by atoms with E-state index in [1.807, 2.05) is 30.3 Å². The third kappa shape index (κ3) is 5.12. The Balaban J connectivity index is 1.49. The summed E-state index contributed by atoms with van der Waals surface area (Å²) >= 11 is 12.1. The molecule has 0 radical (unpaired) electrons. The molecule has 0 unspecified atom stereocenters. The van der Waals surface area contributed by atoms with Crippen molar-refractivity contribution in [3.8, 4) is 11.3 Å². The molecule has 0 atom stereocenters. The van der Waals surface area contributed by atoms with Crippen molar-refractivity contribution in [2.24, 2.45) is 0 Å². The van der Waals surface area contributed by atoms with Crippen LogP contribution in [0.25, 0.3) is 11.3 Å². The highest BCUT2D eigenvalue weighted by atomic mass is 35.5. The van der Waals surface area contributed by atoms with Gasteiger partial charge in [0, 0.05) is 30.5 Å². The molecule has 28 heavy (non-hydrogen) atoms. The number of amides is 1. The number of rotatable bonds is 7. The Morgan fingerprint density at radius 2 is 1.71 bits per heavy atom. The van der Waals surface area contributed by atoms with Crippen molar-refractivity contribution in [3.05, 3.63) is 70.3 Å². The topological polar surface area (TPSA) is 92.9 Å². The summed E-state index contributed by atoms with van der Waals surface area (Å²) in [5.41, 5.74) is 8.48. The molecule has 2 aromatic carbocycles. The summed E-state index contributed by atoms with van der Waals surface area (Å²) in [4.78, 5) is 20.9. The number of halogens is 2. The minimum absolute atomic E-state index is 0.290. The predicted octanol–water partition coefficient (Wildman–Crippen LogP) is 4.26. The minimum Gasteiger partial charge on any atom is -0.399 e. The van der Waals surface area contributed by atoms with Crippen molar-refractivity contribution in [1.29, 1.82) is 0 Å². The minimum atomic E-state index is -0.294. The molecule has 4 N–H and O–H groups in total. The first kappa shape index (κ1) is 19.9. The maximum absolute atomic E-state index is 12.2. The molecule has 0 saturated heterocycles. The number of benzene rings is 2. The number of hydrogen-bond acceptors (Lipinski definition) is 5. The maximum atomic E-state index is 12.2. The highest BCUT2D eigenvalue weighted by Gasteiger charge is 2.13. The third-order valence-electron chi connectivity index (χ3n) is 3.97. The molecule has 0 aliphatic rings. The fraction of sp³-hybridized carbons (Fsp3) is 0.150. The molecule has 144 valence electrons. The Morgan fingerprint density at radius 3 is 2.43 bits per heavy atom. The summed E-state index contributed by atoms with van der Waals surface area (Å²) in [6.45, 7) is 1.06. The van der Waals surface area contributed by atoms with Crippen molar-refractivity contribution in [2.45, 2.75) is 6.42 Å². The summed E-state index contributed by atoms with van der Waals surface area (Å²) in [6.07, 6.45) is 2.38. The molecule has 0 aliphatic carbocycles. The average molecular weight is 416 g/mol. The Hall–Kier alpha value is -2.83. The fourth-order valence-electron chi connectivity index (χ4n) is 2.55. The molecule has 1 heterocycles. The van der Waals surface area contributed by atoms with E-state index in [9.17, 15) is 4.79 Å². The van der Waals surface area contributed by atoms with Crippen LogP contribution >= 0.6 is 23.2 Å². The number of aromatic nitrogens is 2. The number of hydrogen-bond donors (Lipinski definition) is 3. The molecule has 1 amide bonds. The molecule has 0 spiro atoms. The van der Waals surface area contributed by atoms with E-state index in [-0.39, 0.29) is 5.91 Å². The molecular formula is C20H19Cl2N5O. The number of nitrogens with zero attached hydrogens (tertiary/aromatic N) is 2. The van der Waals surface area contributed by atoms with Gasteiger partial charge in [-0.25, -0.2) is 9.97 Å². The van der Waals surface area contributed by atoms with Gasteiger partial charge in [0.2, 0.25) is 5.95 Å². The maximum Gasteiger partial charge on any atom is 0.254 e. The van der Waals surface area contributed by atoms with Gasteiger partial charge in [-0.15, -0.1) is 0 Å². The van der Waals surface area contributed by atoms with Gasteiger partial charge >= 0.3 is 0 Å². The Bertz CT molecular complexity index is 943. The number of nitrogens with one attached hydrogen (secondary N) is 2. The van der Waals surface area contributed by atoms with Crippen LogP contribution in [0.4, 0.5) is 11.6 Å². The number of carbonyl (C=O) groups is 1. The molecule has 0 saturated carbocycles. The van der Waals surface area contributed by atoms with Crippen LogP contribution in [0.5, 0.6) is 0 Å². The van der Waals surface area contributed by atoms with Crippen LogP contribution in [-0.2, 0) is 0 Å². The molecule has 0 bridgehead atoms. The van der Waals surface area contributed by atoms with E-state index in [2.05, 4.69) is 20.6 Å². The predicted molar refractivity (Wildman–Crippen MR) is 114 cm³/mol. The zero-order valence-corrected chi connectivity index (χ0v) is 16.5. The van der Waals surface area contributed by atoms with Crippen LogP contribution in [0.2, 0.25) is 10.0 Å². The molecule has 6 nitrogen and oxygen atoms in total. The van der Waals surface area contributed by atoms with Gasteiger partial charge < -0.3 is 16.4 Å². The first-order valence-electron chi connectivity index (χ1n) is 8.69. The summed E-state index contributed by atoms with van der Waals surface area (Å²) in [5.74, 6) is 0.229. The van der Waals surface area contributed by atoms with Crippen molar-refractivity contribution < 1.29 is 4.79 Å². The molecule has 0 fully saturated rings. The Labute approximate surface area is 173 Å². The van der Waals surface area contributed by atoms with E-state index in [4.69, 9.17) is 28.9 Å². The summed E-state index contributed by atoms with van der Waals surface area (Å²) in [7, 11) is 0. The lowest BCUT2D eigenvalue weighted by molar-refractivity contribution is 0.0954. The van der Waals surface area contributed by atoms with Crippen molar-refractivity contribution >= 4 is 40.7 Å². The van der Waals surface area contributed by atoms with Crippen LogP contribution in [0, 0.1) is 0 Å². The van der Waals surface area contributed by atoms with E-state index in [1.165, 1.54) is 0 Å². The smallest absolute Gasteiger partial charge is 0.254 e. The van der Waals surface area contributed by atoms with Gasteiger partial charge in [-0.2, -0.15) is 0 Å². The van der Waals surface area contributed by atoms with E-state index in [0.717, 1.165) is 11.3 Å². The Kier molecular flexibility index (Phi) is 6.68. The summed E-state index contributed by atoms with van der Waals surface area (Å²) in [6, 6.07) is 14.3. The fourth-order valence-corrected chi connectivity index (χ4v) is 3.12. The van der Waals surface area contributed by atoms with E-state index in [0.29, 0.717) is 46.8 Å². The largest absolute Gasteiger partial charge is 0.399 e. The van der Waals surface area contributed by atoms with Gasteiger partial charge in [0.25, 0.3) is 5.91 Å². The number of carbonyl (C=O) groups excluding carboxylic acids is 1. The zero-order chi connectivity index (χ0) is 19.9. The van der Waals surface area contributed by atoms with Gasteiger partial charge in [-0.05, 0) is 36.8 Å². The van der Waals surface area contributed by atoms with Gasteiger partial charge in [-0.3, -0.25) is 4.79 Å². The number of nitrogen functional groups attached to an aromatic ring is 1. The number of nitrogens with two attached hydrogens (primary N) is 1. The molecule has 8 heteroatoms. The quantitative estimate of drug-likeness (QED) is 0.395. The second-order valence-corrected chi connectivity index (χ2v) is 6.83. The van der Waals surface area contributed by atoms with Gasteiger partial charge in [0.05, 0.1) is 21.3 Å². The SMILES string of the molecule is Nc1ccc(-c2ccnc(NCCCNC(=O)c3c(Cl)cccc3Cl)n2)cc1. The van der Waals surface area contributed by atoms with Crippen LogP contribution in [-0.4, -0.2) is 29.0 Å². The summed E-state index contributed by atoms with van der Waals surface area (Å²) in [5, 5.41) is 6.62. The molecular weight excluding hydrogens is 397 g/mol. The van der Waals surface area contributed by atoms with Crippen molar-refractivity contribution in [2.75, 3.05) is 24.1 Å². The van der Waals surface area contributed by atoms with E-state index < -0.39 is 0 Å². The van der Waals surface area contributed by atoms with E-state index >= 15 is 0 Å². The van der Waals surface area contributed by atoms with Gasteiger partial charge in [-0.1, -0.05) is 41.4 Å². The second kappa shape index (κ2) is 9.39. The third-order valence-corrected chi connectivity index (χ3v) is 4.60. The molecule has 3 aromatic rings. The van der Waals surface area contributed by atoms with Crippen LogP contribution < -0.4 is 16.4 Å². The summed E-state index contributed by atoms with van der Waals surface area (Å²) < 4.78 is 0. The second-order valence-electron chi connectivity index (χ2n) is 6.02. The van der Waals surface area contributed by atoms with Crippen LogP contribution in [0.3, 0.4) is 0 Å². The van der Waals surface area contributed by atoms with Crippen molar-refractivity contribution in [1.82, 2.24) is 15.3 Å². The lowest BCUT2D eigenvalue weighted by Gasteiger charge is -2.09. The molecule has 3 rings (SSSR count). The van der Waals surface area contributed by atoms with E-state index in [1.54, 1.807) is 24.4 Å². The molecule has 0 aliphatic heterocycles. The first-order valence-corrected chi connectivity index (χ1v) is 9.45. The van der Waals surface area contributed by atoms with Crippen LogP contribution in [0.15, 0.2) is 54.7 Å². The monoisotopic (exact) mass is 415 g/mol. The highest BCUT2D eigenvalue weighted by molar-refractivity contribution is 6.39. The standard InChI is InChI=1S/C20H19Cl2N5O/c21-15-3-1-4-16(22)18(15)19(28)24-10-2-11-25-20-26-12-9-17(27-20)13-5-7-14(23)8-6-13/h1,3-9,12H,2,10-11,23H2,(H,24,28)(H,25,26,27). The van der Waals surface area contributed by atoms with Crippen molar-refractivity contribution in [3.63, 3.8) is 0 Å². The van der Waals surface area contributed by atoms with Gasteiger partial charge in [0.1, 0.15) is 0 Å². The molecule has 1 aromatic heterocycles. The number of anilines is 2. The first-order chi connectivity index (χ1) is 13.5.